The van der Waals surface area contributed by atoms with Crippen molar-refractivity contribution in [3.8, 4) is 23.0 Å². The summed E-state index contributed by atoms with van der Waals surface area (Å²) >= 11 is 0. The summed E-state index contributed by atoms with van der Waals surface area (Å²) in [6, 6.07) is 18.7. The monoisotopic (exact) mass is 540 g/mol. The molecule has 40 heavy (non-hydrogen) atoms. The van der Waals surface area contributed by atoms with Crippen molar-refractivity contribution in [1.82, 2.24) is 9.78 Å². The quantitative estimate of drug-likeness (QED) is 0.272. The number of nitrogens with one attached hydrogen (secondary N) is 2. The molecule has 0 spiro atoms. The fraction of sp³-hybridized carbons (Fsp3) is 0.226. The molecule has 1 aliphatic heterocycles. The second-order valence-corrected chi connectivity index (χ2v) is 9.23. The van der Waals surface area contributed by atoms with Crippen molar-refractivity contribution in [1.29, 1.82) is 0 Å². The Morgan fingerprint density at radius 1 is 0.950 bits per heavy atom. The van der Waals surface area contributed by atoms with Crippen LogP contribution in [0.25, 0.3) is 5.70 Å². The highest BCUT2D eigenvalue weighted by Crippen LogP contribution is 2.43. The van der Waals surface area contributed by atoms with E-state index < -0.39 is 6.04 Å². The van der Waals surface area contributed by atoms with Gasteiger partial charge in [-0.15, -0.1) is 0 Å². The first kappa shape index (κ1) is 26.7. The molecule has 5 rings (SSSR count). The van der Waals surface area contributed by atoms with Crippen LogP contribution in [-0.2, 0) is 0 Å². The average Bonchev–Trinajstić information content (AvgIpc) is 3.42. The van der Waals surface area contributed by atoms with Crippen LogP contribution in [0.2, 0.25) is 0 Å². The largest absolute Gasteiger partial charge is 0.496 e. The van der Waals surface area contributed by atoms with Gasteiger partial charge in [0.05, 0.1) is 34.1 Å². The number of ether oxygens (including phenoxy) is 4. The summed E-state index contributed by atoms with van der Waals surface area (Å²) in [6.07, 6.45) is 3.63. The van der Waals surface area contributed by atoms with Crippen LogP contribution in [0, 0.1) is 6.92 Å². The van der Waals surface area contributed by atoms with Crippen LogP contribution < -0.4 is 29.6 Å². The predicted molar refractivity (Wildman–Crippen MR) is 155 cm³/mol. The minimum atomic E-state index is -0.408. The second kappa shape index (κ2) is 11.4. The molecule has 9 heteroatoms. The van der Waals surface area contributed by atoms with E-state index in [-0.39, 0.29) is 5.91 Å². The van der Waals surface area contributed by atoms with Gasteiger partial charge in [0.1, 0.15) is 28.9 Å². The van der Waals surface area contributed by atoms with Crippen LogP contribution in [0.3, 0.4) is 0 Å². The van der Waals surface area contributed by atoms with Crippen LogP contribution in [-0.4, -0.2) is 43.6 Å². The first-order valence-electron chi connectivity index (χ1n) is 12.9. The number of aromatic nitrogens is 2. The number of hydrogen-bond donors (Lipinski definition) is 2. The molecule has 0 fully saturated rings. The molecule has 0 saturated heterocycles. The van der Waals surface area contributed by atoms with Crippen LogP contribution >= 0.6 is 0 Å². The molecule has 9 nitrogen and oxygen atoms in total. The van der Waals surface area contributed by atoms with Gasteiger partial charge in [0.15, 0.2) is 11.5 Å². The molecular formula is C31H32N4O5. The summed E-state index contributed by atoms with van der Waals surface area (Å²) in [5.41, 5.74) is 4.81. The van der Waals surface area contributed by atoms with Gasteiger partial charge in [-0.25, -0.2) is 4.68 Å². The lowest BCUT2D eigenvalue weighted by Crippen LogP contribution is -2.22. The second-order valence-electron chi connectivity index (χ2n) is 9.23. The summed E-state index contributed by atoms with van der Waals surface area (Å²) in [4.78, 5) is 13.5. The molecule has 2 N–H and O–H groups in total. The van der Waals surface area contributed by atoms with E-state index in [0.29, 0.717) is 40.9 Å². The number of carbonyl (C=O) groups is 1. The van der Waals surface area contributed by atoms with E-state index in [1.165, 1.54) is 0 Å². The normalized spacial score (nSPS) is 13.9. The number of allylic oxidation sites excluding steroid dienone is 1. The SMILES string of the molecule is CCOc1ccc(NC(=O)c2cnn3c2NC(c2ccc(C)cc2)=C[C@H]3c2cc(OC)c(OC)cc2OC)cc1. The van der Waals surface area contributed by atoms with Gasteiger partial charge in [0.2, 0.25) is 0 Å². The van der Waals surface area contributed by atoms with E-state index in [1.54, 1.807) is 50.4 Å². The number of rotatable bonds is 9. The number of nitrogens with zero attached hydrogens (tertiary/aromatic N) is 2. The zero-order valence-electron chi connectivity index (χ0n) is 23.1. The van der Waals surface area contributed by atoms with Crippen molar-refractivity contribution in [2.45, 2.75) is 19.9 Å². The Morgan fingerprint density at radius 2 is 1.62 bits per heavy atom. The summed E-state index contributed by atoms with van der Waals surface area (Å²) in [5.74, 6) is 2.72. The first-order chi connectivity index (χ1) is 19.4. The zero-order valence-corrected chi connectivity index (χ0v) is 23.1. The maximum absolute atomic E-state index is 13.5. The van der Waals surface area contributed by atoms with E-state index in [0.717, 1.165) is 28.1 Å². The highest BCUT2D eigenvalue weighted by atomic mass is 16.5. The lowest BCUT2D eigenvalue weighted by molar-refractivity contribution is 0.102. The number of methoxy groups -OCH3 is 3. The third kappa shape index (κ3) is 5.18. The van der Waals surface area contributed by atoms with E-state index in [4.69, 9.17) is 18.9 Å². The predicted octanol–water partition coefficient (Wildman–Crippen LogP) is 5.92. The van der Waals surface area contributed by atoms with Crippen molar-refractivity contribution in [2.24, 2.45) is 0 Å². The molecule has 0 saturated carbocycles. The van der Waals surface area contributed by atoms with Crippen molar-refractivity contribution in [3.05, 3.63) is 95.2 Å². The molecule has 0 unspecified atom stereocenters. The number of fused-ring (bicyclic) bond motifs is 1. The maximum atomic E-state index is 13.5. The molecule has 4 aromatic rings. The van der Waals surface area contributed by atoms with E-state index in [2.05, 4.69) is 33.9 Å². The van der Waals surface area contributed by atoms with Crippen LogP contribution in [0.15, 0.2) is 72.9 Å². The maximum Gasteiger partial charge on any atom is 0.261 e. The van der Waals surface area contributed by atoms with Gasteiger partial charge in [-0.2, -0.15) is 5.10 Å². The number of amides is 1. The van der Waals surface area contributed by atoms with Crippen molar-refractivity contribution >= 4 is 23.1 Å². The third-order valence-corrected chi connectivity index (χ3v) is 6.72. The Hall–Kier alpha value is -4.92. The molecule has 1 aromatic heterocycles. The lowest BCUT2D eigenvalue weighted by atomic mass is 9.99. The Morgan fingerprint density at radius 3 is 2.27 bits per heavy atom. The van der Waals surface area contributed by atoms with Gasteiger partial charge in [0.25, 0.3) is 5.91 Å². The van der Waals surface area contributed by atoms with Crippen molar-refractivity contribution in [2.75, 3.05) is 38.6 Å². The number of carbonyl (C=O) groups excluding carboxylic acids is 1. The van der Waals surface area contributed by atoms with E-state index >= 15 is 0 Å². The topological polar surface area (TPSA) is 95.9 Å². The minimum Gasteiger partial charge on any atom is -0.496 e. The van der Waals surface area contributed by atoms with Gasteiger partial charge in [-0.1, -0.05) is 29.8 Å². The molecule has 0 aliphatic carbocycles. The molecular weight excluding hydrogens is 508 g/mol. The standard InChI is InChI=1S/C31H32N4O5/c1-6-40-22-13-11-21(12-14-22)33-31(36)24-18-32-35-26(23-15-28(38-4)29(39-5)17-27(23)37-3)16-25(34-30(24)35)20-9-7-19(2)8-10-20/h7-18,26,34H,6H2,1-5H3,(H,33,36)/t26-/m0/s1. The van der Waals surface area contributed by atoms with Crippen molar-refractivity contribution in [3.63, 3.8) is 0 Å². The Bertz CT molecular complexity index is 1540. The van der Waals surface area contributed by atoms with Gasteiger partial charge in [0, 0.05) is 23.0 Å². The molecule has 1 aliphatic rings. The van der Waals surface area contributed by atoms with E-state index in [9.17, 15) is 4.79 Å². The van der Waals surface area contributed by atoms with Crippen molar-refractivity contribution < 1.29 is 23.7 Å². The average molecular weight is 541 g/mol. The molecule has 2 heterocycles. The Kier molecular flexibility index (Phi) is 7.63. The summed E-state index contributed by atoms with van der Waals surface area (Å²) < 4.78 is 24.1. The van der Waals surface area contributed by atoms with Gasteiger partial charge in [-0.3, -0.25) is 4.79 Å². The summed E-state index contributed by atoms with van der Waals surface area (Å²) in [5, 5.41) is 11.0. The molecule has 206 valence electrons. The summed E-state index contributed by atoms with van der Waals surface area (Å²) in [7, 11) is 4.78. The van der Waals surface area contributed by atoms with Gasteiger partial charge < -0.3 is 29.6 Å². The molecule has 1 amide bonds. The Labute approximate surface area is 233 Å². The molecule has 0 bridgehead atoms. The summed E-state index contributed by atoms with van der Waals surface area (Å²) in [6.45, 7) is 4.54. The van der Waals surface area contributed by atoms with Gasteiger partial charge >= 0.3 is 0 Å². The van der Waals surface area contributed by atoms with Crippen LogP contribution in [0.4, 0.5) is 11.5 Å². The third-order valence-electron chi connectivity index (χ3n) is 6.72. The number of aryl methyl sites for hydroxylation is 1. The smallest absolute Gasteiger partial charge is 0.261 e. The highest BCUT2D eigenvalue weighted by Gasteiger charge is 2.30. The molecule has 1 atom stereocenters. The fourth-order valence-corrected chi connectivity index (χ4v) is 4.67. The zero-order chi connectivity index (χ0) is 28.2. The first-order valence-corrected chi connectivity index (χ1v) is 12.9. The van der Waals surface area contributed by atoms with E-state index in [1.807, 2.05) is 44.2 Å². The van der Waals surface area contributed by atoms with Crippen LogP contribution in [0.5, 0.6) is 23.0 Å². The molecule has 3 aromatic carbocycles. The highest BCUT2D eigenvalue weighted by molar-refractivity contribution is 6.08. The molecule has 0 radical (unpaired) electrons. The number of benzene rings is 3. The lowest BCUT2D eigenvalue weighted by Gasteiger charge is -2.28. The Balaban J connectivity index is 1.58. The van der Waals surface area contributed by atoms with Gasteiger partial charge in [-0.05, 0) is 55.8 Å². The number of anilines is 2. The minimum absolute atomic E-state index is 0.291. The van der Waals surface area contributed by atoms with Crippen LogP contribution in [0.1, 0.15) is 40.0 Å². The number of hydrogen-bond acceptors (Lipinski definition) is 7. The fourth-order valence-electron chi connectivity index (χ4n) is 4.67.